The number of rotatable bonds is 8. The lowest BCUT2D eigenvalue weighted by molar-refractivity contribution is 0.155. The van der Waals surface area contributed by atoms with E-state index in [0.717, 1.165) is 5.56 Å². The largest absolute Gasteiger partial charge is 0.444 e. The molecule has 4 N–H and O–H groups in total. The van der Waals surface area contributed by atoms with E-state index in [1.165, 1.54) is 0 Å². The van der Waals surface area contributed by atoms with Crippen molar-refractivity contribution in [1.82, 2.24) is 5.32 Å². The van der Waals surface area contributed by atoms with Crippen LogP contribution < -0.4 is 16.0 Å². The van der Waals surface area contributed by atoms with Crippen LogP contribution in [0.4, 0.5) is 21.0 Å². The predicted molar refractivity (Wildman–Crippen MR) is 109 cm³/mol. The molecule has 0 atom stereocenters. The van der Waals surface area contributed by atoms with Crippen LogP contribution in [-0.4, -0.2) is 29.4 Å². The molecule has 0 spiro atoms. The van der Waals surface area contributed by atoms with E-state index in [4.69, 9.17) is 9.84 Å². The Bertz CT molecular complexity index is 761. The number of hydrogen-bond acceptors (Lipinski definition) is 4. The Balaban J connectivity index is 1.79. The molecule has 0 saturated carbocycles. The van der Waals surface area contributed by atoms with Crippen LogP contribution in [0.25, 0.3) is 0 Å². The summed E-state index contributed by atoms with van der Waals surface area (Å²) in [5.41, 5.74) is 1.65. The van der Waals surface area contributed by atoms with Crippen LogP contribution in [0.2, 0.25) is 0 Å². The quantitative estimate of drug-likeness (QED) is 0.549. The fraction of sp³-hybridized carbons (Fsp3) is 0.333. The van der Waals surface area contributed by atoms with Crippen molar-refractivity contribution in [3.8, 4) is 0 Å². The summed E-state index contributed by atoms with van der Waals surface area (Å²) in [7, 11) is 0. The minimum atomic E-state index is -0.548. The standard InChI is InChI=1S/C21H27N3O4/c1-21(2,13-6-14-25)24-19(26)22-17-9-11-18(12-10-17)23-20(27)28-15-16-7-4-3-5-8-16/h3-5,7-12,25H,6,13-15H2,1-2H3,(H,23,27)(H2,22,24,26). The monoisotopic (exact) mass is 385 g/mol. The van der Waals surface area contributed by atoms with E-state index in [-0.39, 0.29) is 19.2 Å². The number of benzene rings is 2. The molecule has 0 radical (unpaired) electrons. The molecule has 2 rings (SSSR count). The summed E-state index contributed by atoms with van der Waals surface area (Å²) >= 11 is 0. The molecule has 0 aliphatic heterocycles. The predicted octanol–water partition coefficient (Wildman–Crippen LogP) is 4.11. The number of urea groups is 1. The number of carbonyl (C=O) groups is 2. The van der Waals surface area contributed by atoms with E-state index in [0.29, 0.717) is 24.2 Å². The summed E-state index contributed by atoms with van der Waals surface area (Å²) in [5, 5.41) is 17.2. The summed E-state index contributed by atoms with van der Waals surface area (Å²) in [6.07, 6.45) is 0.742. The average molecular weight is 385 g/mol. The zero-order valence-electron chi connectivity index (χ0n) is 16.2. The highest BCUT2D eigenvalue weighted by molar-refractivity contribution is 5.90. The average Bonchev–Trinajstić information content (AvgIpc) is 2.67. The van der Waals surface area contributed by atoms with Crippen LogP contribution in [0.15, 0.2) is 54.6 Å². The number of aliphatic hydroxyl groups is 1. The van der Waals surface area contributed by atoms with Crippen molar-refractivity contribution >= 4 is 23.5 Å². The first-order valence-electron chi connectivity index (χ1n) is 9.16. The molecule has 3 amide bonds. The van der Waals surface area contributed by atoms with Crippen LogP contribution in [-0.2, 0) is 11.3 Å². The highest BCUT2D eigenvalue weighted by Crippen LogP contribution is 2.15. The van der Waals surface area contributed by atoms with Crippen molar-refractivity contribution in [2.24, 2.45) is 0 Å². The first-order chi connectivity index (χ1) is 13.4. The summed E-state index contributed by atoms with van der Waals surface area (Å²) in [4.78, 5) is 24.0. The Hall–Kier alpha value is -3.06. The third-order valence-electron chi connectivity index (χ3n) is 4.01. The van der Waals surface area contributed by atoms with Crippen molar-refractivity contribution in [1.29, 1.82) is 0 Å². The van der Waals surface area contributed by atoms with Crippen LogP contribution in [0.3, 0.4) is 0 Å². The maximum absolute atomic E-state index is 12.1. The smallest absolute Gasteiger partial charge is 0.411 e. The zero-order chi connectivity index (χ0) is 20.4. The van der Waals surface area contributed by atoms with Crippen LogP contribution in [0.5, 0.6) is 0 Å². The van der Waals surface area contributed by atoms with E-state index in [1.807, 2.05) is 44.2 Å². The molecule has 0 saturated heterocycles. The molecule has 0 aromatic heterocycles. The fourth-order valence-corrected chi connectivity index (χ4v) is 2.57. The number of hydrogen-bond donors (Lipinski definition) is 4. The normalized spacial score (nSPS) is 10.8. The van der Waals surface area contributed by atoms with E-state index >= 15 is 0 Å². The third-order valence-corrected chi connectivity index (χ3v) is 4.01. The van der Waals surface area contributed by atoms with E-state index < -0.39 is 11.6 Å². The SMILES string of the molecule is CC(C)(CCCO)NC(=O)Nc1ccc(NC(=O)OCc2ccccc2)cc1. The highest BCUT2D eigenvalue weighted by Gasteiger charge is 2.19. The van der Waals surface area contributed by atoms with Gasteiger partial charge in [0.25, 0.3) is 0 Å². The maximum atomic E-state index is 12.1. The summed E-state index contributed by atoms with van der Waals surface area (Å²) in [6, 6.07) is 15.8. The number of nitrogens with one attached hydrogen (secondary N) is 3. The molecule has 150 valence electrons. The van der Waals surface area contributed by atoms with Gasteiger partial charge in [-0.2, -0.15) is 0 Å². The Kier molecular flexibility index (Phi) is 7.83. The van der Waals surface area contributed by atoms with Gasteiger partial charge >= 0.3 is 12.1 Å². The second kappa shape index (κ2) is 10.3. The van der Waals surface area contributed by atoms with Crippen LogP contribution >= 0.6 is 0 Å². The Morgan fingerprint density at radius 3 is 2.18 bits per heavy atom. The lowest BCUT2D eigenvalue weighted by atomic mass is 9.99. The van der Waals surface area contributed by atoms with Crippen molar-refractivity contribution in [3.05, 3.63) is 60.2 Å². The van der Waals surface area contributed by atoms with Gasteiger partial charge in [0.05, 0.1) is 0 Å². The van der Waals surface area contributed by atoms with E-state index in [1.54, 1.807) is 24.3 Å². The Morgan fingerprint density at radius 1 is 0.964 bits per heavy atom. The van der Waals surface area contributed by atoms with Gasteiger partial charge in [0.2, 0.25) is 0 Å². The molecular weight excluding hydrogens is 358 g/mol. The van der Waals surface area contributed by atoms with Crippen LogP contribution in [0.1, 0.15) is 32.3 Å². The molecule has 0 fully saturated rings. The Labute approximate surface area is 165 Å². The first-order valence-corrected chi connectivity index (χ1v) is 9.16. The molecule has 7 heteroatoms. The van der Waals surface area contributed by atoms with Gasteiger partial charge in [0.1, 0.15) is 6.61 Å². The molecule has 0 heterocycles. The topological polar surface area (TPSA) is 99.7 Å². The van der Waals surface area contributed by atoms with Crippen molar-refractivity contribution < 1.29 is 19.4 Å². The number of anilines is 2. The van der Waals surface area contributed by atoms with Crippen LogP contribution in [0, 0.1) is 0 Å². The van der Waals surface area contributed by atoms with Gasteiger partial charge in [-0.15, -0.1) is 0 Å². The number of ether oxygens (including phenoxy) is 1. The van der Waals surface area contributed by atoms with Gasteiger partial charge in [-0.25, -0.2) is 9.59 Å². The van der Waals surface area contributed by atoms with Gasteiger partial charge in [0, 0.05) is 23.5 Å². The van der Waals surface area contributed by atoms with Gasteiger partial charge in [-0.3, -0.25) is 5.32 Å². The number of amides is 3. The molecule has 2 aromatic carbocycles. The molecule has 0 aliphatic rings. The van der Waals surface area contributed by atoms with Crippen molar-refractivity contribution in [3.63, 3.8) is 0 Å². The minimum absolute atomic E-state index is 0.0922. The minimum Gasteiger partial charge on any atom is -0.444 e. The number of aliphatic hydroxyl groups excluding tert-OH is 1. The van der Waals surface area contributed by atoms with Gasteiger partial charge in [-0.05, 0) is 56.5 Å². The molecule has 28 heavy (non-hydrogen) atoms. The van der Waals surface area contributed by atoms with E-state index in [9.17, 15) is 9.59 Å². The van der Waals surface area contributed by atoms with Gasteiger partial charge < -0.3 is 20.5 Å². The zero-order valence-corrected chi connectivity index (χ0v) is 16.2. The first kappa shape index (κ1) is 21.2. The summed E-state index contributed by atoms with van der Waals surface area (Å²) < 4.78 is 5.17. The summed E-state index contributed by atoms with van der Waals surface area (Å²) in [6.45, 7) is 4.08. The summed E-state index contributed by atoms with van der Waals surface area (Å²) in [5.74, 6) is 0. The molecule has 7 nitrogen and oxygen atoms in total. The number of carbonyl (C=O) groups excluding carboxylic acids is 2. The highest BCUT2D eigenvalue weighted by atomic mass is 16.5. The lowest BCUT2D eigenvalue weighted by Gasteiger charge is -2.26. The molecule has 0 bridgehead atoms. The molecule has 0 unspecified atom stereocenters. The Morgan fingerprint density at radius 2 is 1.57 bits per heavy atom. The second-order valence-corrected chi connectivity index (χ2v) is 7.05. The molecule has 2 aromatic rings. The van der Waals surface area contributed by atoms with Gasteiger partial charge in [-0.1, -0.05) is 30.3 Å². The molecule has 0 aliphatic carbocycles. The second-order valence-electron chi connectivity index (χ2n) is 7.05. The maximum Gasteiger partial charge on any atom is 0.411 e. The van der Waals surface area contributed by atoms with Gasteiger partial charge in [0.15, 0.2) is 0 Å². The third kappa shape index (κ3) is 7.67. The lowest BCUT2D eigenvalue weighted by Crippen LogP contribution is -2.45. The van der Waals surface area contributed by atoms with Crippen molar-refractivity contribution in [2.75, 3.05) is 17.2 Å². The van der Waals surface area contributed by atoms with Crippen molar-refractivity contribution in [2.45, 2.75) is 38.8 Å². The fourth-order valence-electron chi connectivity index (χ4n) is 2.57. The molecular formula is C21H27N3O4. The van der Waals surface area contributed by atoms with E-state index in [2.05, 4.69) is 16.0 Å².